The first-order chi connectivity index (χ1) is 5.07. The molecule has 1 atom stereocenters. The van der Waals surface area contributed by atoms with Crippen LogP contribution in [0.5, 0.6) is 0 Å². The molecule has 0 radical (unpaired) electrons. The summed E-state index contributed by atoms with van der Waals surface area (Å²) in [6.45, 7) is 2.40. The molecule has 0 saturated carbocycles. The van der Waals surface area contributed by atoms with Gasteiger partial charge < -0.3 is 16.8 Å². The summed E-state index contributed by atoms with van der Waals surface area (Å²) in [7, 11) is 0. The highest BCUT2D eigenvalue weighted by atomic mass is 16.2. The van der Waals surface area contributed by atoms with Gasteiger partial charge in [0.1, 0.15) is 0 Å². The summed E-state index contributed by atoms with van der Waals surface area (Å²) in [6.07, 6.45) is -0.0385. The third kappa shape index (κ3) is 4.32. The molecule has 0 aromatic rings. The Morgan fingerprint density at radius 1 is 1.45 bits per heavy atom. The highest BCUT2D eigenvalue weighted by Crippen LogP contribution is 1.88. The van der Waals surface area contributed by atoms with Crippen molar-refractivity contribution in [2.45, 2.75) is 19.4 Å². The van der Waals surface area contributed by atoms with Gasteiger partial charge in [-0.15, -0.1) is 0 Å². The minimum Gasteiger partial charge on any atom is -0.370 e. The molecule has 11 heavy (non-hydrogen) atoms. The van der Waals surface area contributed by atoms with E-state index in [1.165, 1.54) is 0 Å². The minimum absolute atomic E-state index is 0.0385. The van der Waals surface area contributed by atoms with Crippen molar-refractivity contribution in [2.24, 2.45) is 11.5 Å². The second-order valence-electron chi connectivity index (χ2n) is 2.18. The predicted octanol–water partition coefficient (Wildman–Crippen LogP) is -1.67. The topological polar surface area (TPSA) is 98.2 Å². The fraction of sp³-hybridized carbons (Fsp3) is 0.667. The van der Waals surface area contributed by atoms with Crippen LogP contribution in [-0.2, 0) is 9.59 Å². The van der Waals surface area contributed by atoms with E-state index in [-0.39, 0.29) is 6.42 Å². The molecule has 2 amide bonds. The zero-order valence-corrected chi connectivity index (χ0v) is 6.46. The largest absolute Gasteiger partial charge is 0.370 e. The third-order valence-electron chi connectivity index (χ3n) is 1.20. The molecule has 0 rings (SSSR count). The Hall–Kier alpha value is -1.10. The second-order valence-corrected chi connectivity index (χ2v) is 2.18. The van der Waals surface area contributed by atoms with Crippen LogP contribution in [-0.4, -0.2) is 24.4 Å². The summed E-state index contributed by atoms with van der Waals surface area (Å²) in [5, 5.41) is 2.74. The minimum atomic E-state index is -0.627. The van der Waals surface area contributed by atoms with Crippen molar-refractivity contribution in [2.75, 3.05) is 6.54 Å². The van der Waals surface area contributed by atoms with Gasteiger partial charge in [0, 0.05) is 0 Å². The predicted molar refractivity (Wildman–Crippen MR) is 40.5 cm³/mol. The number of nitrogens with two attached hydrogens (primary N) is 2. The smallest absolute Gasteiger partial charge is 0.235 e. The maximum Gasteiger partial charge on any atom is 0.235 e. The van der Waals surface area contributed by atoms with Crippen molar-refractivity contribution >= 4 is 11.8 Å². The molecule has 0 unspecified atom stereocenters. The standard InChI is InChI=1S/C6H13N3O2/c1-2-9-4(6(8)11)3-5(7)10/h4,9H,2-3H2,1H3,(H2,7,10)(H2,8,11)/t4-/m0/s1. The summed E-state index contributed by atoms with van der Waals surface area (Å²) in [5.74, 6) is -1.08. The quantitative estimate of drug-likeness (QED) is 0.447. The van der Waals surface area contributed by atoms with Crippen LogP contribution in [0.1, 0.15) is 13.3 Å². The van der Waals surface area contributed by atoms with Gasteiger partial charge in [0.25, 0.3) is 0 Å². The zero-order valence-electron chi connectivity index (χ0n) is 6.46. The summed E-state index contributed by atoms with van der Waals surface area (Å²) >= 11 is 0. The number of likely N-dealkylation sites (N-methyl/N-ethyl adjacent to an activating group) is 1. The Morgan fingerprint density at radius 3 is 2.27 bits per heavy atom. The number of primary amides is 2. The molecule has 5 nitrogen and oxygen atoms in total. The first kappa shape index (κ1) is 9.90. The molecule has 0 fully saturated rings. The van der Waals surface area contributed by atoms with Gasteiger partial charge in [-0.25, -0.2) is 0 Å². The molecule has 0 saturated heterocycles. The Bertz CT molecular complexity index is 158. The van der Waals surface area contributed by atoms with Crippen LogP contribution in [0.15, 0.2) is 0 Å². The molecule has 0 bridgehead atoms. The Labute approximate surface area is 65.1 Å². The van der Waals surface area contributed by atoms with Crippen LogP contribution in [0.3, 0.4) is 0 Å². The first-order valence-electron chi connectivity index (χ1n) is 3.39. The van der Waals surface area contributed by atoms with Crippen LogP contribution in [0, 0.1) is 0 Å². The molecule has 5 heteroatoms. The van der Waals surface area contributed by atoms with Crippen LogP contribution < -0.4 is 16.8 Å². The fourth-order valence-electron chi connectivity index (χ4n) is 0.721. The molecule has 0 heterocycles. The van der Waals surface area contributed by atoms with Gasteiger partial charge in [-0.1, -0.05) is 6.92 Å². The second kappa shape index (κ2) is 4.68. The number of rotatable bonds is 5. The van der Waals surface area contributed by atoms with Crippen molar-refractivity contribution in [1.82, 2.24) is 5.32 Å². The molecular formula is C6H13N3O2. The van der Waals surface area contributed by atoms with E-state index in [2.05, 4.69) is 5.32 Å². The van der Waals surface area contributed by atoms with Gasteiger partial charge in [-0.2, -0.15) is 0 Å². The Morgan fingerprint density at radius 2 is 2.00 bits per heavy atom. The zero-order chi connectivity index (χ0) is 8.85. The van der Waals surface area contributed by atoms with Gasteiger partial charge in [0.15, 0.2) is 0 Å². The van der Waals surface area contributed by atoms with Gasteiger partial charge in [0.2, 0.25) is 11.8 Å². The van der Waals surface area contributed by atoms with Crippen LogP contribution >= 0.6 is 0 Å². The Kier molecular flexibility index (Phi) is 4.21. The lowest BCUT2D eigenvalue weighted by Crippen LogP contribution is -2.43. The van der Waals surface area contributed by atoms with E-state index in [1.807, 2.05) is 6.92 Å². The average Bonchev–Trinajstić information content (AvgIpc) is 1.86. The van der Waals surface area contributed by atoms with Crippen molar-refractivity contribution < 1.29 is 9.59 Å². The summed E-state index contributed by atoms with van der Waals surface area (Å²) in [5.41, 5.74) is 9.84. The number of nitrogens with one attached hydrogen (secondary N) is 1. The van der Waals surface area contributed by atoms with Crippen LogP contribution in [0.4, 0.5) is 0 Å². The SMILES string of the molecule is CCN[C@@H](CC(N)=O)C(N)=O. The van der Waals surface area contributed by atoms with Gasteiger partial charge in [-0.05, 0) is 6.54 Å². The maximum atomic E-state index is 10.6. The van der Waals surface area contributed by atoms with E-state index in [0.29, 0.717) is 6.54 Å². The summed E-state index contributed by atoms with van der Waals surface area (Å²) in [4.78, 5) is 20.9. The van der Waals surface area contributed by atoms with E-state index in [4.69, 9.17) is 11.5 Å². The third-order valence-corrected chi connectivity index (χ3v) is 1.20. The van der Waals surface area contributed by atoms with Crippen LogP contribution in [0.25, 0.3) is 0 Å². The molecule has 64 valence electrons. The van der Waals surface area contributed by atoms with E-state index in [1.54, 1.807) is 0 Å². The van der Waals surface area contributed by atoms with Crippen molar-refractivity contribution in [3.63, 3.8) is 0 Å². The lowest BCUT2D eigenvalue weighted by atomic mass is 10.2. The number of amides is 2. The van der Waals surface area contributed by atoms with E-state index >= 15 is 0 Å². The van der Waals surface area contributed by atoms with Crippen molar-refractivity contribution in [3.8, 4) is 0 Å². The molecule has 5 N–H and O–H groups in total. The number of carbonyl (C=O) groups is 2. The van der Waals surface area contributed by atoms with Crippen molar-refractivity contribution in [1.29, 1.82) is 0 Å². The molecule has 0 aliphatic carbocycles. The van der Waals surface area contributed by atoms with Gasteiger partial charge in [0.05, 0.1) is 12.5 Å². The highest BCUT2D eigenvalue weighted by molar-refractivity contribution is 5.86. The molecule has 0 aromatic carbocycles. The number of carbonyl (C=O) groups excluding carboxylic acids is 2. The van der Waals surface area contributed by atoms with E-state index in [0.717, 1.165) is 0 Å². The monoisotopic (exact) mass is 159 g/mol. The fourth-order valence-corrected chi connectivity index (χ4v) is 0.721. The Balaban J connectivity index is 3.89. The molecular weight excluding hydrogens is 146 g/mol. The van der Waals surface area contributed by atoms with Gasteiger partial charge in [-0.3, -0.25) is 9.59 Å². The number of hydrogen-bond donors (Lipinski definition) is 3. The normalized spacial score (nSPS) is 12.5. The highest BCUT2D eigenvalue weighted by Gasteiger charge is 2.15. The maximum absolute atomic E-state index is 10.6. The first-order valence-corrected chi connectivity index (χ1v) is 3.39. The molecule has 0 aliphatic heterocycles. The molecule has 0 aliphatic rings. The molecule has 0 spiro atoms. The van der Waals surface area contributed by atoms with Crippen molar-refractivity contribution in [3.05, 3.63) is 0 Å². The van der Waals surface area contributed by atoms with Crippen LogP contribution in [0.2, 0.25) is 0 Å². The van der Waals surface area contributed by atoms with E-state index < -0.39 is 17.9 Å². The lowest BCUT2D eigenvalue weighted by Gasteiger charge is -2.10. The summed E-state index contributed by atoms with van der Waals surface area (Å²) in [6, 6.07) is -0.627. The van der Waals surface area contributed by atoms with Gasteiger partial charge >= 0.3 is 0 Å². The lowest BCUT2D eigenvalue weighted by molar-refractivity contribution is -0.125. The van der Waals surface area contributed by atoms with E-state index in [9.17, 15) is 9.59 Å². The molecule has 0 aromatic heterocycles. The average molecular weight is 159 g/mol. The summed E-state index contributed by atoms with van der Waals surface area (Å²) < 4.78 is 0. The number of hydrogen-bond acceptors (Lipinski definition) is 3.